The van der Waals surface area contributed by atoms with Crippen LogP contribution in [0.3, 0.4) is 0 Å². The lowest BCUT2D eigenvalue weighted by atomic mass is 10.0. The summed E-state index contributed by atoms with van der Waals surface area (Å²) in [6, 6.07) is 14.3. The number of thioether (sulfide) groups is 1. The molecule has 1 aliphatic rings. The van der Waals surface area contributed by atoms with E-state index >= 15 is 0 Å². The van der Waals surface area contributed by atoms with Crippen LogP contribution in [0.25, 0.3) is 4.91 Å². The normalized spacial score (nSPS) is 12.8. The molecule has 2 aromatic carbocycles. The summed E-state index contributed by atoms with van der Waals surface area (Å²) in [4.78, 5) is 1.20. The summed E-state index contributed by atoms with van der Waals surface area (Å²) >= 11 is 1.72. The van der Waals surface area contributed by atoms with Crippen molar-refractivity contribution in [3.8, 4) is 23.3 Å². The molecule has 0 spiro atoms. The molecule has 0 saturated carbocycles. The molecule has 24 heavy (non-hydrogen) atoms. The van der Waals surface area contributed by atoms with Gasteiger partial charge in [0.15, 0.2) is 0 Å². The third-order valence-corrected chi connectivity index (χ3v) is 4.68. The SMILES string of the molecule is CSC1=C(C#CCOc2ccc(C)cc2)COc2ccc(C)cc21. The molecule has 3 heteroatoms. The molecule has 0 saturated heterocycles. The lowest BCUT2D eigenvalue weighted by molar-refractivity contribution is 0.351. The van der Waals surface area contributed by atoms with Crippen molar-refractivity contribution in [2.75, 3.05) is 19.5 Å². The van der Waals surface area contributed by atoms with Gasteiger partial charge < -0.3 is 9.47 Å². The molecule has 0 N–H and O–H groups in total. The van der Waals surface area contributed by atoms with Crippen LogP contribution in [0.5, 0.6) is 11.5 Å². The number of aryl methyl sites for hydroxylation is 2. The van der Waals surface area contributed by atoms with Gasteiger partial charge >= 0.3 is 0 Å². The van der Waals surface area contributed by atoms with Gasteiger partial charge in [0.05, 0.1) is 5.57 Å². The van der Waals surface area contributed by atoms with Gasteiger partial charge in [-0.1, -0.05) is 41.2 Å². The summed E-state index contributed by atoms with van der Waals surface area (Å²) in [5.74, 6) is 8.11. The molecule has 3 rings (SSSR count). The number of hydrogen-bond donors (Lipinski definition) is 0. The Hall–Kier alpha value is -2.31. The van der Waals surface area contributed by atoms with Crippen LogP contribution in [-0.4, -0.2) is 19.5 Å². The molecule has 1 aliphatic heterocycles. The molecule has 1 heterocycles. The Kier molecular flexibility index (Phi) is 5.17. The second-order valence-corrected chi connectivity index (χ2v) is 6.52. The van der Waals surface area contributed by atoms with E-state index in [-0.39, 0.29) is 0 Å². The van der Waals surface area contributed by atoms with E-state index in [1.807, 2.05) is 30.3 Å². The van der Waals surface area contributed by atoms with Crippen LogP contribution >= 0.6 is 11.8 Å². The van der Waals surface area contributed by atoms with E-state index in [0.717, 1.165) is 22.6 Å². The smallest absolute Gasteiger partial charge is 0.149 e. The van der Waals surface area contributed by atoms with Crippen molar-refractivity contribution in [3.63, 3.8) is 0 Å². The van der Waals surface area contributed by atoms with Crippen LogP contribution in [0.15, 0.2) is 48.0 Å². The first kappa shape index (κ1) is 16.5. The number of ether oxygens (including phenoxy) is 2. The molecule has 0 fully saturated rings. The topological polar surface area (TPSA) is 18.5 Å². The van der Waals surface area contributed by atoms with Crippen molar-refractivity contribution >= 4 is 16.7 Å². The lowest BCUT2D eigenvalue weighted by Crippen LogP contribution is -2.09. The summed E-state index contributed by atoms with van der Waals surface area (Å²) in [5, 5.41) is 0. The van der Waals surface area contributed by atoms with Crippen LogP contribution in [0.1, 0.15) is 16.7 Å². The zero-order valence-electron chi connectivity index (χ0n) is 14.2. The molecule has 122 valence electrons. The first-order valence-corrected chi connectivity index (χ1v) is 9.09. The van der Waals surface area contributed by atoms with Crippen LogP contribution in [0.4, 0.5) is 0 Å². The van der Waals surface area contributed by atoms with Gasteiger partial charge in [-0.2, -0.15) is 0 Å². The predicted octanol–water partition coefficient (Wildman–Crippen LogP) is 4.85. The average Bonchev–Trinajstić information content (AvgIpc) is 2.59. The van der Waals surface area contributed by atoms with E-state index in [0.29, 0.717) is 13.2 Å². The first-order valence-electron chi connectivity index (χ1n) is 7.86. The van der Waals surface area contributed by atoms with E-state index in [1.165, 1.54) is 16.0 Å². The summed E-state index contributed by atoms with van der Waals surface area (Å²) < 4.78 is 11.5. The Balaban J connectivity index is 1.75. The van der Waals surface area contributed by atoms with E-state index < -0.39 is 0 Å². The quantitative estimate of drug-likeness (QED) is 0.746. The largest absolute Gasteiger partial charge is 0.488 e. The van der Waals surface area contributed by atoms with E-state index in [1.54, 1.807) is 11.8 Å². The standard InChI is InChI=1S/C21H20O2S/c1-15-6-9-18(10-7-15)22-12-4-5-17-14-23-20-11-8-16(2)13-19(20)21(17)24-3/h6-11,13H,12,14H2,1-3H3. The Morgan fingerprint density at radius 1 is 1.08 bits per heavy atom. The van der Waals surface area contributed by atoms with Crippen molar-refractivity contribution < 1.29 is 9.47 Å². The second-order valence-electron chi connectivity index (χ2n) is 5.70. The molecule has 0 unspecified atom stereocenters. The maximum atomic E-state index is 5.84. The van der Waals surface area contributed by atoms with Gasteiger partial charge in [-0.3, -0.25) is 0 Å². The zero-order chi connectivity index (χ0) is 16.9. The third-order valence-electron chi connectivity index (χ3n) is 3.80. The number of benzene rings is 2. The zero-order valence-corrected chi connectivity index (χ0v) is 15.0. The summed E-state index contributed by atoms with van der Waals surface area (Å²) in [5.41, 5.74) is 4.60. The fourth-order valence-corrected chi connectivity index (χ4v) is 3.28. The molecular weight excluding hydrogens is 316 g/mol. The van der Waals surface area contributed by atoms with Crippen LogP contribution < -0.4 is 9.47 Å². The Labute approximate surface area is 147 Å². The lowest BCUT2D eigenvalue weighted by Gasteiger charge is -2.20. The van der Waals surface area contributed by atoms with E-state index in [9.17, 15) is 0 Å². The minimum atomic E-state index is 0.370. The van der Waals surface area contributed by atoms with Gasteiger partial charge in [-0.05, 0) is 44.4 Å². The molecule has 0 aliphatic carbocycles. The maximum absolute atomic E-state index is 5.84. The molecule has 0 aromatic heterocycles. The fraction of sp³-hybridized carbons (Fsp3) is 0.238. The van der Waals surface area contributed by atoms with Crippen molar-refractivity contribution in [2.45, 2.75) is 13.8 Å². The van der Waals surface area contributed by atoms with Crippen molar-refractivity contribution in [1.82, 2.24) is 0 Å². The monoisotopic (exact) mass is 336 g/mol. The second kappa shape index (κ2) is 7.51. The van der Waals surface area contributed by atoms with Crippen LogP contribution in [0.2, 0.25) is 0 Å². The minimum Gasteiger partial charge on any atom is -0.488 e. The predicted molar refractivity (Wildman–Crippen MR) is 102 cm³/mol. The molecular formula is C21H20O2S. The van der Waals surface area contributed by atoms with Crippen molar-refractivity contribution in [3.05, 3.63) is 64.7 Å². The van der Waals surface area contributed by atoms with Gasteiger partial charge in [-0.25, -0.2) is 0 Å². The van der Waals surface area contributed by atoms with Gasteiger partial charge in [0.25, 0.3) is 0 Å². The van der Waals surface area contributed by atoms with Gasteiger partial charge in [-0.15, -0.1) is 11.8 Å². The highest BCUT2D eigenvalue weighted by Gasteiger charge is 2.18. The number of rotatable bonds is 3. The molecule has 2 aromatic rings. The van der Waals surface area contributed by atoms with Gasteiger partial charge in [0.2, 0.25) is 0 Å². The van der Waals surface area contributed by atoms with Gasteiger partial charge in [0.1, 0.15) is 24.7 Å². The fourth-order valence-electron chi connectivity index (χ4n) is 2.55. The Morgan fingerprint density at radius 2 is 1.83 bits per heavy atom. The summed E-state index contributed by atoms with van der Waals surface area (Å²) in [7, 11) is 0. The van der Waals surface area contributed by atoms with Crippen molar-refractivity contribution in [1.29, 1.82) is 0 Å². The highest BCUT2D eigenvalue weighted by molar-refractivity contribution is 8.07. The Morgan fingerprint density at radius 3 is 2.58 bits per heavy atom. The van der Waals surface area contributed by atoms with Crippen LogP contribution in [-0.2, 0) is 0 Å². The van der Waals surface area contributed by atoms with E-state index in [2.05, 4.69) is 44.1 Å². The highest BCUT2D eigenvalue weighted by Crippen LogP contribution is 2.39. The van der Waals surface area contributed by atoms with Gasteiger partial charge in [0, 0.05) is 10.5 Å². The molecule has 0 atom stereocenters. The third kappa shape index (κ3) is 3.77. The summed E-state index contributed by atoms with van der Waals surface area (Å²) in [6.45, 7) is 5.04. The Bertz CT molecular complexity index is 823. The highest BCUT2D eigenvalue weighted by atomic mass is 32.2. The summed E-state index contributed by atoms with van der Waals surface area (Å²) in [6.07, 6.45) is 2.08. The van der Waals surface area contributed by atoms with Crippen molar-refractivity contribution in [2.24, 2.45) is 0 Å². The molecule has 2 nitrogen and oxygen atoms in total. The number of hydrogen-bond acceptors (Lipinski definition) is 3. The van der Waals surface area contributed by atoms with E-state index in [4.69, 9.17) is 9.47 Å². The first-order chi connectivity index (χ1) is 11.7. The number of fused-ring (bicyclic) bond motifs is 1. The minimum absolute atomic E-state index is 0.370. The molecule has 0 bridgehead atoms. The molecule has 0 radical (unpaired) electrons. The van der Waals surface area contributed by atoms with Crippen LogP contribution in [0, 0.1) is 25.7 Å². The molecule has 0 amide bonds. The maximum Gasteiger partial charge on any atom is 0.149 e. The average molecular weight is 336 g/mol.